The molecule has 2 heterocycles. The molecule has 2 saturated heterocycles. The molecule has 8 atom stereocenters. The predicted molar refractivity (Wildman–Crippen MR) is 167 cm³/mol. The van der Waals surface area contributed by atoms with Gasteiger partial charge in [0, 0.05) is 19.8 Å². The quantitative estimate of drug-likeness (QED) is 0.105. The number of carbonyl (C=O) groups is 5. The van der Waals surface area contributed by atoms with E-state index in [-0.39, 0.29) is 25.2 Å². The average Bonchev–Trinajstić information content (AvgIpc) is 3.24. The molecule has 48 heavy (non-hydrogen) atoms. The fourth-order valence-electron chi connectivity index (χ4n) is 6.38. The standard InChI is InChI=1S/C34H46O14/c1-4-5-6-7-11-19-25(36)46-27-26(37)32(47-28(29(38)39)33(44,30(40)41)34(27,48-32)31(42)43)20-13-18-24(45-22(3)35)21(2)14-12-17-23-15-9-8-10-16-23/h8-10,12,15-17,21,24,26-28,37,44H,4-7,11,13-14,18-20H2,1-3H3,(H,38,39)(H,40,41)(H,42,43)/b17-12+/t21-,24-,26-,27-,28-,32?,33-,34?/m1/s1. The number of hydrogen-bond donors (Lipinski definition) is 5. The Morgan fingerprint density at radius 1 is 0.979 bits per heavy atom. The number of aliphatic hydroxyl groups excluding tert-OH is 1. The highest BCUT2D eigenvalue weighted by Gasteiger charge is 2.85. The number of carboxylic acids is 3. The summed E-state index contributed by atoms with van der Waals surface area (Å²) in [5, 5.41) is 53.2. The lowest BCUT2D eigenvalue weighted by Crippen LogP contribution is -2.78. The van der Waals surface area contributed by atoms with Crippen LogP contribution in [0.1, 0.15) is 90.5 Å². The summed E-state index contributed by atoms with van der Waals surface area (Å²) in [6.07, 6.45) is -0.582. The number of unbranched alkanes of at least 4 members (excludes halogenated alkanes) is 4. The minimum absolute atomic E-state index is 0.0205. The van der Waals surface area contributed by atoms with Gasteiger partial charge in [0.2, 0.25) is 23.1 Å². The van der Waals surface area contributed by atoms with Gasteiger partial charge >= 0.3 is 29.8 Å². The van der Waals surface area contributed by atoms with E-state index >= 15 is 0 Å². The Balaban J connectivity index is 1.89. The van der Waals surface area contributed by atoms with Gasteiger partial charge in [-0.1, -0.05) is 82.0 Å². The van der Waals surface area contributed by atoms with Gasteiger partial charge in [-0.2, -0.15) is 0 Å². The fourth-order valence-corrected chi connectivity index (χ4v) is 6.38. The number of hydrogen-bond acceptors (Lipinski definition) is 11. The van der Waals surface area contributed by atoms with E-state index in [2.05, 4.69) is 0 Å². The molecule has 0 spiro atoms. The number of aliphatic carboxylic acids is 3. The van der Waals surface area contributed by atoms with E-state index in [0.717, 1.165) is 24.8 Å². The normalized spacial score (nSPS) is 29.2. The second-order valence-corrected chi connectivity index (χ2v) is 12.4. The molecule has 3 rings (SSSR count). The zero-order valence-corrected chi connectivity index (χ0v) is 27.4. The van der Waals surface area contributed by atoms with Crippen molar-refractivity contribution in [3.8, 4) is 0 Å². The molecule has 2 bridgehead atoms. The van der Waals surface area contributed by atoms with Gasteiger partial charge in [-0.15, -0.1) is 0 Å². The smallest absolute Gasteiger partial charge is 0.344 e. The van der Waals surface area contributed by atoms with E-state index in [4.69, 9.17) is 18.9 Å². The van der Waals surface area contributed by atoms with Crippen molar-refractivity contribution < 1.29 is 68.5 Å². The van der Waals surface area contributed by atoms with Crippen LogP contribution in [0.4, 0.5) is 0 Å². The van der Waals surface area contributed by atoms with Crippen LogP contribution in [0, 0.1) is 5.92 Å². The first-order valence-corrected chi connectivity index (χ1v) is 16.2. The number of fused-ring (bicyclic) bond motifs is 2. The van der Waals surface area contributed by atoms with E-state index < -0.39 is 77.7 Å². The molecule has 0 saturated carbocycles. The second-order valence-electron chi connectivity index (χ2n) is 12.4. The van der Waals surface area contributed by atoms with Gasteiger partial charge in [0.05, 0.1) is 0 Å². The van der Waals surface area contributed by atoms with Crippen LogP contribution in [-0.2, 0) is 42.9 Å². The van der Waals surface area contributed by atoms with Crippen LogP contribution in [-0.4, -0.2) is 96.8 Å². The highest BCUT2D eigenvalue weighted by atomic mass is 16.8. The maximum absolute atomic E-state index is 12.9. The third kappa shape index (κ3) is 8.05. The number of carbonyl (C=O) groups excluding carboxylic acids is 2. The van der Waals surface area contributed by atoms with Crippen molar-refractivity contribution >= 4 is 35.9 Å². The molecule has 2 aliphatic rings. The molecule has 0 aliphatic carbocycles. The molecule has 0 radical (unpaired) electrons. The lowest BCUT2D eigenvalue weighted by Gasteiger charge is -2.48. The second kappa shape index (κ2) is 16.5. The zero-order valence-electron chi connectivity index (χ0n) is 27.4. The summed E-state index contributed by atoms with van der Waals surface area (Å²) >= 11 is 0. The van der Waals surface area contributed by atoms with Crippen molar-refractivity contribution in [3.05, 3.63) is 42.0 Å². The van der Waals surface area contributed by atoms with Crippen molar-refractivity contribution in [2.24, 2.45) is 5.92 Å². The van der Waals surface area contributed by atoms with E-state index in [1.54, 1.807) is 0 Å². The first kappa shape index (κ1) is 38.6. The molecule has 2 aliphatic heterocycles. The van der Waals surface area contributed by atoms with E-state index in [9.17, 15) is 49.5 Å². The molecule has 0 amide bonds. The van der Waals surface area contributed by atoms with E-state index in [0.29, 0.717) is 19.3 Å². The number of esters is 2. The molecule has 1 aromatic rings. The molecular formula is C34H46O14. The summed E-state index contributed by atoms with van der Waals surface area (Å²) < 4.78 is 22.0. The van der Waals surface area contributed by atoms with Crippen molar-refractivity contribution in [3.63, 3.8) is 0 Å². The lowest BCUT2D eigenvalue weighted by atomic mass is 9.74. The number of benzene rings is 1. The number of rotatable bonds is 19. The summed E-state index contributed by atoms with van der Waals surface area (Å²) in [5.41, 5.74) is -6.34. The van der Waals surface area contributed by atoms with Crippen LogP contribution in [0.5, 0.6) is 0 Å². The Hall–Kier alpha value is -3.85. The Labute approximate surface area is 278 Å². The van der Waals surface area contributed by atoms with Crippen LogP contribution >= 0.6 is 0 Å². The Morgan fingerprint density at radius 2 is 1.65 bits per heavy atom. The van der Waals surface area contributed by atoms with Gasteiger partial charge in [0.1, 0.15) is 12.2 Å². The minimum atomic E-state index is -3.84. The highest BCUT2D eigenvalue weighted by Crippen LogP contribution is 2.55. The van der Waals surface area contributed by atoms with Crippen molar-refractivity contribution in [2.45, 2.75) is 126 Å². The molecule has 14 nitrogen and oxygen atoms in total. The molecule has 0 aromatic heterocycles. The number of aliphatic hydroxyl groups is 2. The third-order valence-electron chi connectivity index (χ3n) is 8.93. The average molecular weight is 679 g/mol. The van der Waals surface area contributed by atoms with Crippen LogP contribution in [0.2, 0.25) is 0 Å². The summed E-state index contributed by atoms with van der Waals surface area (Å²) in [5.74, 6) is -10.9. The summed E-state index contributed by atoms with van der Waals surface area (Å²) in [7, 11) is 0. The van der Waals surface area contributed by atoms with Crippen LogP contribution in [0.15, 0.2) is 36.4 Å². The van der Waals surface area contributed by atoms with Gasteiger partial charge in [0.25, 0.3) is 0 Å². The Bertz CT molecular complexity index is 1330. The maximum atomic E-state index is 12.9. The maximum Gasteiger partial charge on any atom is 0.344 e. The van der Waals surface area contributed by atoms with Crippen LogP contribution in [0.25, 0.3) is 6.08 Å². The summed E-state index contributed by atoms with van der Waals surface area (Å²) in [4.78, 5) is 62.4. The van der Waals surface area contributed by atoms with E-state index in [1.807, 2.05) is 56.3 Å². The van der Waals surface area contributed by atoms with Gasteiger partial charge < -0.3 is 44.5 Å². The molecule has 14 heteroatoms. The van der Waals surface area contributed by atoms with Gasteiger partial charge in [-0.25, -0.2) is 14.4 Å². The highest BCUT2D eigenvalue weighted by molar-refractivity contribution is 5.98. The van der Waals surface area contributed by atoms with E-state index in [1.165, 1.54) is 6.92 Å². The Kier molecular flexibility index (Phi) is 13.3. The van der Waals surface area contributed by atoms with Crippen molar-refractivity contribution in [2.75, 3.05) is 0 Å². The SMILES string of the molecule is CCCCCCCC(=O)O[C@@H]1[C@@H](O)C2(CCC[C@@H](OC(C)=O)[C@H](C)C/C=C/c3ccccc3)O[C@H](C(=O)O)[C@@](O)(C(=O)O)C1(C(=O)O)O2. The first-order valence-electron chi connectivity index (χ1n) is 16.2. The monoisotopic (exact) mass is 678 g/mol. The van der Waals surface area contributed by atoms with Crippen LogP contribution < -0.4 is 0 Å². The first-order chi connectivity index (χ1) is 22.7. The molecular weight excluding hydrogens is 632 g/mol. The Morgan fingerprint density at radius 3 is 2.23 bits per heavy atom. The van der Waals surface area contributed by atoms with Crippen molar-refractivity contribution in [1.29, 1.82) is 0 Å². The zero-order chi connectivity index (χ0) is 35.7. The molecule has 2 fully saturated rings. The molecule has 2 unspecified atom stereocenters. The largest absolute Gasteiger partial charge is 0.479 e. The topological polar surface area (TPSA) is 223 Å². The van der Waals surface area contributed by atoms with Gasteiger partial charge in [0.15, 0.2) is 6.10 Å². The number of allylic oxidation sites excluding steroid dienone is 1. The number of carboxylic acid groups (broad SMARTS) is 3. The summed E-state index contributed by atoms with van der Waals surface area (Å²) in [6.45, 7) is 5.09. The number of ether oxygens (including phenoxy) is 4. The fraction of sp³-hybridized carbons (Fsp3) is 0.618. The van der Waals surface area contributed by atoms with Gasteiger partial charge in [-0.05, 0) is 37.2 Å². The summed E-state index contributed by atoms with van der Waals surface area (Å²) in [6, 6.07) is 9.52. The molecule has 266 valence electrons. The van der Waals surface area contributed by atoms with Crippen molar-refractivity contribution in [1.82, 2.24) is 0 Å². The molecule has 5 N–H and O–H groups in total. The lowest BCUT2D eigenvalue weighted by molar-refractivity contribution is -0.374. The van der Waals surface area contributed by atoms with Crippen LogP contribution in [0.3, 0.4) is 0 Å². The molecule has 1 aromatic carbocycles. The predicted octanol–water partition coefficient (Wildman–Crippen LogP) is 3.31. The van der Waals surface area contributed by atoms with Gasteiger partial charge in [-0.3, -0.25) is 9.59 Å². The minimum Gasteiger partial charge on any atom is -0.479 e. The third-order valence-corrected chi connectivity index (χ3v) is 8.93.